The Balaban J connectivity index is 0.931. The van der Waals surface area contributed by atoms with E-state index < -0.39 is 191 Å². The Hall–Kier alpha value is -2.35. The summed E-state index contributed by atoms with van der Waals surface area (Å²) in [5.41, 5.74) is 0. The van der Waals surface area contributed by atoms with Crippen molar-refractivity contribution in [3.63, 3.8) is 0 Å². The van der Waals surface area contributed by atoms with Gasteiger partial charge in [-0.3, -0.25) is 14.4 Å². The zero-order chi connectivity index (χ0) is 49.1. The molecular weight excluding hydrogens is 916 g/mol. The number of aliphatic hydroxyl groups is 14. The molecule has 0 spiro atoms. The molecule has 0 aromatic carbocycles. The van der Waals surface area contributed by atoms with Crippen LogP contribution in [0.15, 0.2) is 0 Å². The van der Waals surface area contributed by atoms with Gasteiger partial charge in [0.2, 0.25) is 0 Å². The van der Waals surface area contributed by atoms with Gasteiger partial charge in [-0.25, -0.2) is 0 Å². The van der Waals surface area contributed by atoms with Gasteiger partial charge in [0, 0.05) is 18.8 Å². The van der Waals surface area contributed by atoms with Gasteiger partial charge in [-0.2, -0.15) is 0 Å². The maximum atomic E-state index is 13.2. The number of hydrogen-bond acceptors (Lipinski definition) is 23. The molecule has 4 saturated heterocycles. The van der Waals surface area contributed by atoms with Gasteiger partial charge in [-0.05, 0) is 57.8 Å². The third kappa shape index (κ3) is 12.5. The fourth-order valence-corrected chi connectivity index (χ4v) is 10.7. The van der Waals surface area contributed by atoms with Crippen molar-refractivity contribution in [2.45, 2.75) is 212 Å². The first kappa shape index (κ1) is 53.4. The average molecular weight is 986 g/mol. The molecule has 25 nitrogen and oxygen atoms in total. The first-order valence-electron chi connectivity index (χ1n) is 23.6. The summed E-state index contributed by atoms with van der Waals surface area (Å²) < 4.78 is 51.0. The van der Waals surface area contributed by atoms with Gasteiger partial charge in [0.25, 0.3) is 0 Å². The molecule has 0 aromatic heterocycles. The zero-order valence-corrected chi connectivity index (χ0v) is 37.3. The Labute approximate surface area is 390 Å². The van der Waals surface area contributed by atoms with E-state index in [0.29, 0.717) is 51.4 Å². The number of fused-ring (bicyclic) bond motifs is 1. The van der Waals surface area contributed by atoms with Crippen LogP contribution in [0.1, 0.15) is 77.0 Å². The predicted molar refractivity (Wildman–Crippen MR) is 219 cm³/mol. The number of aliphatic carboxylic acids is 1. The lowest BCUT2D eigenvalue weighted by atomic mass is 9.73. The lowest BCUT2D eigenvalue weighted by Crippen LogP contribution is -2.63. The normalized spacial score (nSPS) is 47.9. The highest BCUT2D eigenvalue weighted by molar-refractivity contribution is 5.90. The highest BCUT2D eigenvalue weighted by Crippen LogP contribution is 2.43. The Kier molecular flexibility index (Phi) is 18.4. The Morgan fingerprint density at radius 1 is 0.544 bits per heavy atom. The molecule has 0 radical (unpaired) electrons. The molecule has 21 unspecified atom stereocenters. The maximum Gasteiger partial charge on any atom is 0.317 e. The largest absolute Gasteiger partial charge is 0.481 e. The van der Waals surface area contributed by atoms with Crippen LogP contribution < -0.4 is 0 Å². The average Bonchev–Trinajstić information content (AvgIpc) is 3.31. The molecule has 7 aliphatic rings. The molecule has 21 atom stereocenters. The van der Waals surface area contributed by atoms with Gasteiger partial charge < -0.3 is 109 Å². The minimum Gasteiger partial charge on any atom is -0.481 e. The summed E-state index contributed by atoms with van der Waals surface area (Å²) in [4.78, 5) is 36.0. The van der Waals surface area contributed by atoms with E-state index in [0.717, 1.165) is 0 Å². The predicted octanol–water partition coefficient (Wildman–Crippen LogP) is -5.70. The minimum atomic E-state index is -1.81. The molecule has 25 heteroatoms. The SMILES string of the molecule is O=C(O)CC(=O)OCC1OC(OC2CC3C(O)CC(OC4OC(COC(=O)C5CCC(OC6OC(CO)C(O)C(O)C6O)CC5)C(O)C(O)C4O)CC3[OH+]C2C2CCC(O)CC2)C(O)C(O)C1O. The monoisotopic (exact) mass is 985 g/mol. The van der Waals surface area contributed by atoms with Crippen molar-refractivity contribution >= 4 is 17.9 Å². The van der Waals surface area contributed by atoms with Gasteiger partial charge in [0.1, 0.15) is 99.0 Å². The molecule has 3 saturated carbocycles. The lowest BCUT2D eigenvalue weighted by Gasteiger charge is -2.49. The number of hydrogen-bond donors (Lipinski definition) is 13. The standard InChI is InChI=1S/C43H68O25/c44-13-25-30(50)33(53)36(56)41(66-25)62-19-7-3-17(4-8-19)40(59)61-15-27-32(52)34(54)37(57)42(67-27)63-20-9-22(46)21-11-24(39(64-23(21)10-20)16-1-5-18(45)6-2-16)65-43-38(58)35(55)31(51)26(68-43)14-60-29(49)12-28(47)48/h16-27,30-39,41-46,50-58H,1-15H2,(H,47,48)/p+1. The van der Waals surface area contributed by atoms with E-state index in [1.54, 1.807) is 0 Å². The summed E-state index contributed by atoms with van der Waals surface area (Å²) in [5.74, 6) is -4.42. The highest BCUT2D eigenvalue weighted by atomic mass is 16.7. The summed E-state index contributed by atoms with van der Waals surface area (Å²) in [6, 6.07) is 0. The van der Waals surface area contributed by atoms with Crippen LogP contribution in [0, 0.1) is 17.8 Å². The minimum absolute atomic E-state index is 0.00852. The van der Waals surface area contributed by atoms with Crippen LogP contribution in [0.5, 0.6) is 0 Å². The molecule has 4 aliphatic heterocycles. The first-order chi connectivity index (χ1) is 32.3. The molecule has 7 rings (SSSR count). The number of carbonyl (C=O) groups is 3. The molecule has 390 valence electrons. The fourth-order valence-electron chi connectivity index (χ4n) is 10.7. The highest BCUT2D eigenvalue weighted by Gasteiger charge is 2.56. The summed E-state index contributed by atoms with van der Waals surface area (Å²) in [7, 11) is 0. The van der Waals surface area contributed by atoms with Gasteiger partial charge in [0.15, 0.2) is 31.1 Å². The first-order valence-corrected chi connectivity index (χ1v) is 23.6. The molecule has 4 heterocycles. The number of ether oxygens (including phenoxy) is 9. The Morgan fingerprint density at radius 3 is 1.62 bits per heavy atom. The van der Waals surface area contributed by atoms with Crippen LogP contribution in [-0.4, -0.2) is 244 Å². The van der Waals surface area contributed by atoms with Gasteiger partial charge in [-0.1, -0.05) is 0 Å². The Bertz CT molecular complexity index is 1640. The molecule has 14 N–H and O–H groups in total. The third-order valence-corrected chi connectivity index (χ3v) is 14.7. The van der Waals surface area contributed by atoms with Crippen LogP contribution in [0.3, 0.4) is 0 Å². The van der Waals surface area contributed by atoms with Gasteiger partial charge in [-0.15, -0.1) is 0 Å². The molecule has 68 heavy (non-hydrogen) atoms. The van der Waals surface area contributed by atoms with E-state index in [1.807, 2.05) is 0 Å². The van der Waals surface area contributed by atoms with Crippen LogP contribution >= 0.6 is 0 Å². The van der Waals surface area contributed by atoms with Crippen molar-refractivity contribution in [1.29, 1.82) is 0 Å². The van der Waals surface area contributed by atoms with E-state index in [2.05, 4.69) is 0 Å². The molecule has 0 aromatic rings. The van der Waals surface area contributed by atoms with E-state index >= 15 is 0 Å². The molecule has 0 bridgehead atoms. The van der Waals surface area contributed by atoms with Gasteiger partial charge in [0.05, 0.1) is 42.9 Å². The van der Waals surface area contributed by atoms with E-state index in [1.165, 1.54) is 0 Å². The summed E-state index contributed by atoms with van der Waals surface area (Å²) in [5, 5.41) is 136. The van der Waals surface area contributed by atoms with Crippen molar-refractivity contribution in [3.05, 3.63) is 0 Å². The maximum absolute atomic E-state index is 13.2. The second kappa shape index (κ2) is 23.5. The van der Waals surface area contributed by atoms with E-state index in [9.17, 15) is 75.7 Å². The smallest absolute Gasteiger partial charge is 0.317 e. The quantitative estimate of drug-likeness (QED) is 0.0413. The van der Waals surface area contributed by atoms with Crippen molar-refractivity contribution in [2.75, 3.05) is 19.8 Å². The Morgan fingerprint density at radius 2 is 1.06 bits per heavy atom. The van der Waals surface area contributed by atoms with Crippen LogP contribution in [-0.2, 0) is 52.3 Å². The van der Waals surface area contributed by atoms with Crippen LogP contribution in [0.2, 0.25) is 0 Å². The molecular formula is C43H69O25+. The van der Waals surface area contributed by atoms with Crippen LogP contribution in [0.4, 0.5) is 0 Å². The van der Waals surface area contributed by atoms with Crippen molar-refractivity contribution in [1.82, 2.24) is 0 Å². The molecule has 0 amide bonds. The van der Waals surface area contributed by atoms with Crippen molar-refractivity contribution in [3.8, 4) is 0 Å². The summed E-state index contributed by atoms with van der Waals surface area (Å²) in [6.45, 7) is -1.77. The summed E-state index contributed by atoms with van der Waals surface area (Å²) in [6.07, 6.45) is -25.5. The van der Waals surface area contributed by atoms with E-state index in [-0.39, 0.29) is 25.2 Å². The van der Waals surface area contributed by atoms with Crippen LogP contribution in [0.25, 0.3) is 0 Å². The fraction of sp³-hybridized carbons (Fsp3) is 0.930. The second-order valence-electron chi connectivity index (χ2n) is 19.4. The second-order valence-corrected chi connectivity index (χ2v) is 19.4. The summed E-state index contributed by atoms with van der Waals surface area (Å²) >= 11 is 0. The number of carboxylic acids is 1. The zero-order valence-electron chi connectivity index (χ0n) is 37.3. The number of carboxylic acid groups (broad SMARTS) is 1. The number of esters is 2. The van der Waals surface area contributed by atoms with Crippen molar-refractivity contribution in [2.24, 2.45) is 17.8 Å². The molecule has 3 aliphatic carbocycles. The third-order valence-electron chi connectivity index (χ3n) is 14.7. The van der Waals surface area contributed by atoms with Crippen molar-refractivity contribution < 1.29 is 123 Å². The number of rotatable bonds is 15. The molecule has 7 fully saturated rings. The lowest BCUT2D eigenvalue weighted by molar-refractivity contribution is -0.361. The number of carbonyl (C=O) groups excluding carboxylic acids is 2. The topological polar surface area (TPSA) is 401 Å². The van der Waals surface area contributed by atoms with E-state index in [4.69, 9.17) is 47.7 Å². The number of aliphatic hydroxyl groups excluding tert-OH is 12. The van der Waals surface area contributed by atoms with Gasteiger partial charge >= 0.3 is 17.9 Å².